The van der Waals surface area contributed by atoms with Crippen molar-refractivity contribution in [3.05, 3.63) is 23.2 Å². The minimum atomic E-state index is -3.83. The molecule has 6 heteroatoms. The van der Waals surface area contributed by atoms with Crippen molar-refractivity contribution in [3.63, 3.8) is 0 Å². The molecular weight excluding hydrogens is 259 g/mol. The van der Waals surface area contributed by atoms with Crippen LogP contribution in [0.25, 0.3) is 0 Å². The summed E-state index contributed by atoms with van der Waals surface area (Å²) in [5.41, 5.74) is 0. The van der Waals surface area contributed by atoms with Gasteiger partial charge in [-0.15, -0.1) is 0 Å². The third-order valence-corrected chi connectivity index (χ3v) is 3.34. The fourth-order valence-electron chi connectivity index (χ4n) is 1.02. The quantitative estimate of drug-likeness (QED) is 0.792. The summed E-state index contributed by atoms with van der Waals surface area (Å²) in [6, 6.07) is 4.34. The van der Waals surface area contributed by atoms with Gasteiger partial charge in [-0.1, -0.05) is 11.6 Å². The van der Waals surface area contributed by atoms with E-state index in [0.717, 1.165) is 0 Å². The van der Waals surface area contributed by atoms with Gasteiger partial charge in [-0.3, -0.25) is 0 Å². The third kappa shape index (κ3) is 3.55. The zero-order valence-electron chi connectivity index (χ0n) is 8.20. The molecule has 3 nitrogen and oxygen atoms in total. The van der Waals surface area contributed by atoms with Gasteiger partial charge >= 0.3 is 0 Å². The molecule has 84 valence electrons. The Hall–Kier alpha value is -0.450. The second-order valence-electron chi connectivity index (χ2n) is 3.20. The van der Waals surface area contributed by atoms with E-state index in [9.17, 15) is 8.42 Å². The monoisotopic (exact) mass is 268 g/mol. The highest BCUT2D eigenvalue weighted by molar-refractivity contribution is 8.13. The Morgan fingerprint density at radius 3 is 2.40 bits per heavy atom. The average molecular weight is 269 g/mol. The molecule has 0 saturated carbocycles. The summed E-state index contributed by atoms with van der Waals surface area (Å²) in [5.74, 6) is 0.425. The van der Waals surface area contributed by atoms with Crippen LogP contribution >= 0.6 is 22.3 Å². The van der Waals surface area contributed by atoms with Gasteiger partial charge in [0.2, 0.25) is 0 Å². The number of benzene rings is 1. The molecule has 1 aromatic rings. The molecule has 1 rings (SSSR count). The second-order valence-corrected chi connectivity index (χ2v) is 6.14. The van der Waals surface area contributed by atoms with Crippen molar-refractivity contribution < 1.29 is 13.2 Å². The van der Waals surface area contributed by atoms with E-state index in [1.807, 2.05) is 13.8 Å². The van der Waals surface area contributed by atoms with Gasteiger partial charge in [0.25, 0.3) is 9.05 Å². The Labute approximate surface area is 98.4 Å². The molecular formula is C9H10Cl2O3S. The number of hydrogen-bond acceptors (Lipinski definition) is 3. The van der Waals surface area contributed by atoms with E-state index in [1.54, 1.807) is 6.07 Å². The second kappa shape index (κ2) is 4.60. The lowest BCUT2D eigenvalue weighted by atomic mass is 10.3. The van der Waals surface area contributed by atoms with Crippen molar-refractivity contribution in [1.82, 2.24) is 0 Å². The predicted octanol–water partition coefficient (Wildman–Crippen LogP) is 3.05. The Balaban J connectivity index is 3.18. The van der Waals surface area contributed by atoms with Crippen molar-refractivity contribution in [1.29, 1.82) is 0 Å². The lowest BCUT2D eigenvalue weighted by Crippen LogP contribution is -2.06. The van der Waals surface area contributed by atoms with Crippen LogP contribution in [0.4, 0.5) is 0 Å². The van der Waals surface area contributed by atoms with Gasteiger partial charge in [-0.25, -0.2) is 8.42 Å². The molecule has 0 atom stereocenters. The summed E-state index contributed by atoms with van der Waals surface area (Å²) in [5, 5.41) is 0.0844. The molecule has 0 radical (unpaired) electrons. The molecule has 0 amide bonds. The average Bonchev–Trinajstić information content (AvgIpc) is 2.05. The first kappa shape index (κ1) is 12.6. The van der Waals surface area contributed by atoms with Gasteiger partial charge in [-0.2, -0.15) is 0 Å². The maximum absolute atomic E-state index is 11.1. The van der Waals surface area contributed by atoms with E-state index in [1.165, 1.54) is 12.1 Å². The van der Waals surface area contributed by atoms with Crippen LogP contribution in [-0.2, 0) is 9.05 Å². The predicted molar refractivity (Wildman–Crippen MR) is 60.3 cm³/mol. The van der Waals surface area contributed by atoms with E-state index in [2.05, 4.69) is 0 Å². The van der Waals surface area contributed by atoms with E-state index in [0.29, 0.717) is 5.75 Å². The molecule has 0 fully saturated rings. The van der Waals surface area contributed by atoms with Crippen LogP contribution in [0.2, 0.25) is 5.02 Å². The number of hydrogen-bond donors (Lipinski definition) is 0. The molecule has 0 unspecified atom stereocenters. The molecule has 0 spiro atoms. The number of halogens is 2. The Bertz CT molecular complexity index is 454. The van der Waals surface area contributed by atoms with E-state index in [4.69, 9.17) is 27.0 Å². The summed E-state index contributed by atoms with van der Waals surface area (Å²) in [6.45, 7) is 3.67. The van der Waals surface area contributed by atoms with Gasteiger partial charge in [0.05, 0.1) is 11.1 Å². The SMILES string of the molecule is CC(C)Oc1ccc(Cl)c(S(=O)(=O)Cl)c1. The molecule has 0 saturated heterocycles. The summed E-state index contributed by atoms with van der Waals surface area (Å²) in [4.78, 5) is -0.135. The van der Waals surface area contributed by atoms with Gasteiger partial charge in [0, 0.05) is 16.7 Å². The smallest absolute Gasteiger partial charge is 0.262 e. The Morgan fingerprint density at radius 2 is 1.93 bits per heavy atom. The molecule has 1 aromatic carbocycles. The van der Waals surface area contributed by atoms with Crippen molar-refractivity contribution in [3.8, 4) is 5.75 Å². The van der Waals surface area contributed by atoms with Crippen LogP contribution in [-0.4, -0.2) is 14.5 Å². The van der Waals surface area contributed by atoms with Gasteiger partial charge in [0.15, 0.2) is 0 Å². The Morgan fingerprint density at radius 1 is 1.33 bits per heavy atom. The highest BCUT2D eigenvalue weighted by Gasteiger charge is 2.16. The molecule has 0 bridgehead atoms. The molecule has 0 N–H and O–H groups in total. The van der Waals surface area contributed by atoms with Crippen LogP contribution in [0.15, 0.2) is 23.1 Å². The first-order valence-corrected chi connectivity index (χ1v) is 6.90. The first-order chi connectivity index (χ1) is 6.80. The minimum absolute atomic E-state index is 0.0444. The van der Waals surface area contributed by atoms with Crippen LogP contribution < -0.4 is 4.74 Å². The number of ether oxygens (including phenoxy) is 1. The largest absolute Gasteiger partial charge is 0.491 e. The highest BCUT2D eigenvalue weighted by Crippen LogP contribution is 2.29. The van der Waals surface area contributed by atoms with Crippen LogP contribution in [0.5, 0.6) is 5.75 Å². The molecule has 15 heavy (non-hydrogen) atoms. The summed E-state index contributed by atoms with van der Waals surface area (Å²) >= 11 is 5.70. The van der Waals surface area contributed by atoms with Gasteiger partial charge in [-0.05, 0) is 26.0 Å². The number of rotatable bonds is 3. The van der Waals surface area contributed by atoms with Crippen molar-refractivity contribution >= 4 is 31.3 Å². The fraction of sp³-hybridized carbons (Fsp3) is 0.333. The fourth-order valence-corrected chi connectivity index (χ4v) is 2.50. The van der Waals surface area contributed by atoms with E-state index < -0.39 is 9.05 Å². The van der Waals surface area contributed by atoms with Crippen molar-refractivity contribution in [2.45, 2.75) is 24.8 Å². The molecule has 0 aromatic heterocycles. The molecule has 0 heterocycles. The highest BCUT2D eigenvalue weighted by atomic mass is 35.7. The maximum Gasteiger partial charge on any atom is 0.262 e. The van der Waals surface area contributed by atoms with Gasteiger partial charge < -0.3 is 4.74 Å². The summed E-state index contributed by atoms with van der Waals surface area (Å²) in [6.07, 6.45) is -0.0444. The van der Waals surface area contributed by atoms with E-state index in [-0.39, 0.29) is 16.0 Å². The molecule has 0 aliphatic rings. The standard InChI is InChI=1S/C9H10Cl2O3S/c1-6(2)14-7-3-4-8(10)9(5-7)15(11,12)13/h3-6H,1-2H3. The van der Waals surface area contributed by atoms with Crippen LogP contribution in [0, 0.1) is 0 Å². The normalized spacial score (nSPS) is 11.8. The maximum atomic E-state index is 11.1. The van der Waals surface area contributed by atoms with Crippen LogP contribution in [0.3, 0.4) is 0 Å². The van der Waals surface area contributed by atoms with Crippen molar-refractivity contribution in [2.24, 2.45) is 0 Å². The zero-order chi connectivity index (χ0) is 11.6. The van der Waals surface area contributed by atoms with Crippen molar-refractivity contribution in [2.75, 3.05) is 0 Å². The molecule has 0 aliphatic heterocycles. The summed E-state index contributed by atoms with van der Waals surface area (Å²) in [7, 11) is 1.37. The molecule has 0 aliphatic carbocycles. The summed E-state index contributed by atoms with van der Waals surface area (Å²) < 4.78 is 27.6. The van der Waals surface area contributed by atoms with Crippen LogP contribution in [0.1, 0.15) is 13.8 Å². The van der Waals surface area contributed by atoms with Gasteiger partial charge in [0.1, 0.15) is 10.6 Å². The topological polar surface area (TPSA) is 43.4 Å². The zero-order valence-corrected chi connectivity index (χ0v) is 10.5. The van der Waals surface area contributed by atoms with E-state index >= 15 is 0 Å². The lowest BCUT2D eigenvalue weighted by molar-refractivity contribution is 0.242. The first-order valence-electron chi connectivity index (χ1n) is 4.21. The minimum Gasteiger partial charge on any atom is -0.491 e. The lowest BCUT2D eigenvalue weighted by Gasteiger charge is -2.10. The Kier molecular flexibility index (Phi) is 3.87. The third-order valence-electron chi connectivity index (χ3n) is 1.54.